The quantitative estimate of drug-likeness (QED) is 0.310. The summed E-state index contributed by atoms with van der Waals surface area (Å²) in [7, 11) is 0. The highest BCUT2D eigenvalue weighted by molar-refractivity contribution is 5.98. The molecule has 0 bridgehead atoms. The molecule has 40 heavy (non-hydrogen) atoms. The number of hydrogen-bond acceptors (Lipinski definition) is 7. The Balaban J connectivity index is 1.46. The van der Waals surface area contributed by atoms with Gasteiger partial charge in [-0.05, 0) is 35.9 Å². The van der Waals surface area contributed by atoms with Gasteiger partial charge in [-0.3, -0.25) is 9.59 Å². The number of pyridine rings is 1. The Labute approximate surface area is 227 Å². The molecule has 204 valence electrons. The molecule has 2 aromatic carbocycles. The van der Waals surface area contributed by atoms with Crippen molar-refractivity contribution in [1.29, 1.82) is 0 Å². The molecule has 3 N–H and O–H groups in total. The summed E-state index contributed by atoms with van der Waals surface area (Å²) in [5.74, 6) is -3.40. The van der Waals surface area contributed by atoms with E-state index in [2.05, 4.69) is 20.1 Å². The standard InChI is InChI=1S/C28H23F2N5O5/c29-27(30)40-22-11-5-4-9-19(22)21-12-14-35(34-21)24-20(10-6-13-32-24)25(36)33-23(17-18-7-2-1-3-8-18)28(26(31)37)38-15-16-39-28/h1-16,23,27H,17H2,(H2,31,37)(H,33,36). The summed E-state index contributed by atoms with van der Waals surface area (Å²) in [6, 6.07) is 19.0. The van der Waals surface area contributed by atoms with Crippen molar-refractivity contribution in [2.45, 2.75) is 24.9 Å². The molecule has 4 aromatic rings. The van der Waals surface area contributed by atoms with Crippen LogP contribution in [0.2, 0.25) is 0 Å². The van der Waals surface area contributed by atoms with Gasteiger partial charge in [-0.2, -0.15) is 13.9 Å². The summed E-state index contributed by atoms with van der Waals surface area (Å²) in [5.41, 5.74) is 7.21. The third-order valence-electron chi connectivity index (χ3n) is 6.15. The molecule has 1 atom stereocenters. The SMILES string of the molecule is NC(=O)C1(C(Cc2ccccc2)NC(=O)c2cccnc2-n2ccc(-c3ccccc3OC(F)F)n2)OC=CO1. The summed E-state index contributed by atoms with van der Waals surface area (Å²) in [6.45, 7) is -3.01. The molecule has 0 saturated carbocycles. The van der Waals surface area contributed by atoms with Gasteiger partial charge in [0.05, 0.1) is 11.3 Å². The van der Waals surface area contributed by atoms with Gasteiger partial charge < -0.3 is 25.3 Å². The fourth-order valence-corrected chi connectivity index (χ4v) is 4.32. The maximum Gasteiger partial charge on any atom is 0.387 e. The average Bonchev–Trinajstić information content (AvgIpc) is 3.65. The van der Waals surface area contributed by atoms with Crippen molar-refractivity contribution in [3.8, 4) is 22.8 Å². The third kappa shape index (κ3) is 5.32. The maximum atomic E-state index is 13.6. The molecule has 3 heterocycles. The first-order valence-corrected chi connectivity index (χ1v) is 12.1. The lowest BCUT2D eigenvalue weighted by Gasteiger charge is -2.33. The van der Waals surface area contributed by atoms with Crippen molar-refractivity contribution >= 4 is 11.8 Å². The molecule has 12 heteroatoms. The number of aromatic nitrogens is 3. The van der Waals surface area contributed by atoms with Crippen LogP contribution in [0, 0.1) is 0 Å². The number of amides is 2. The summed E-state index contributed by atoms with van der Waals surface area (Å²) in [6.07, 6.45) is 5.53. The van der Waals surface area contributed by atoms with Gasteiger partial charge in [0.15, 0.2) is 5.82 Å². The van der Waals surface area contributed by atoms with E-state index in [0.717, 1.165) is 5.56 Å². The van der Waals surface area contributed by atoms with Crippen molar-refractivity contribution in [2.24, 2.45) is 5.73 Å². The first-order valence-electron chi connectivity index (χ1n) is 12.1. The Morgan fingerprint density at radius 1 is 1.00 bits per heavy atom. The Bertz CT molecular complexity index is 1530. The van der Waals surface area contributed by atoms with Gasteiger partial charge in [-0.25, -0.2) is 9.67 Å². The molecular formula is C28H23F2N5O5. The Morgan fingerprint density at radius 2 is 1.73 bits per heavy atom. The number of nitrogens with two attached hydrogens (primary N) is 1. The summed E-state index contributed by atoms with van der Waals surface area (Å²) >= 11 is 0. The monoisotopic (exact) mass is 547 g/mol. The number of hydrogen-bond donors (Lipinski definition) is 2. The van der Waals surface area contributed by atoms with E-state index in [1.54, 1.807) is 30.3 Å². The van der Waals surface area contributed by atoms with Crippen LogP contribution in [0.3, 0.4) is 0 Å². The van der Waals surface area contributed by atoms with Crippen LogP contribution in [-0.2, 0) is 20.7 Å². The van der Waals surface area contributed by atoms with Crippen molar-refractivity contribution in [3.63, 3.8) is 0 Å². The highest BCUT2D eigenvalue weighted by Crippen LogP contribution is 2.31. The van der Waals surface area contributed by atoms with Gasteiger partial charge in [-0.15, -0.1) is 0 Å². The predicted octanol–water partition coefficient (Wildman–Crippen LogP) is 3.58. The van der Waals surface area contributed by atoms with Gasteiger partial charge >= 0.3 is 18.3 Å². The van der Waals surface area contributed by atoms with Crippen molar-refractivity contribution in [1.82, 2.24) is 20.1 Å². The number of ether oxygens (including phenoxy) is 3. The van der Waals surface area contributed by atoms with Crippen molar-refractivity contribution in [3.05, 3.63) is 109 Å². The second-order valence-corrected chi connectivity index (χ2v) is 8.65. The minimum atomic E-state index is -3.01. The van der Waals surface area contributed by atoms with E-state index >= 15 is 0 Å². The lowest BCUT2D eigenvalue weighted by Crippen LogP contribution is -2.61. The molecule has 1 aliphatic rings. The van der Waals surface area contributed by atoms with Crippen LogP contribution < -0.4 is 15.8 Å². The van der Waals surface area contributed by atoms with Gasteiger partial charge in [0, 0.05) is 24.4 Å². The molecule has 0 saturated heterocycles. The highest BCUT2D eigenvalue weighted by Gasteiger charge is 2.51. The van der Waals surface area contributed by atoms with Crippen LogP contribution in [-0.4, -0.2) is 45.0 Å². The molecule has 2 aromatic heterocycles. The lowest BCUT2D eigenvalue weighted by atomic mass is 9.97. The lowest BCUT2D eigenvalue weighted by molar-refractivity contribution is -0.182. The molecule has 1 unspecified atom stereocenters. The number of halogens is 2. The number of nitrogens with one attached hydrogen (secondary N) is 1. The van der Waals surface area contributed by atoms with E-state index < -0.39 is 30.3 Å². The number of nitrogens with zero attached hydrogens (tertiary/aromatic N) is 3. The molecule has 0 aliphatic carbocycles. The molecule has 1 aliphatic heterocycles. The second-order valence-electron chi connectivity index (χ2n) is 8.65. The van der Waals surface area contributed by atoms with Gasteiger partial charge in [-0.1, -0.05) is 42.5 Å². The highest BCUT2D eigenvalue weighted by atomic mass is 19.3. The first kappa shape index (κ1) is 26.4. The molecule has 10 nitrogen and oxygen atoms in total. The van der Waals surface area contributed by atoms with E-state index in [0.29, 0.717) is 11.3 Å². The number of rotatable bonds is 10. The van der Waals surface area contributed by atoms with Crippen LogP contribution in [0.1, 0.15) is 15.9 Å². The summed E-state index contributed by atoms with van der Waals surface area (Å²) in [4.78, 5) is 30.4. The number of benzene rings is 2. The maximum absolute atomic E-state index is 13.6. The number of carbonyl (C=O) groups is 2. The zero-order valence-electron chi connectivity index (χ0n) is 20.8. The van der Waals surface area contributed by atoms with E-state index in [4.69, 9.17) is 15.2 Å². The van der Waals surface area contributed by atoms with Gasteiger partial charge in [0.2, 0.25) is 0 Å². The predicted molar refractivity (Wildman–Crippen MR) is 138 cm³/mol. The minimum absolute atomic E-state index is 0.0487. The zero-order chi connectivity index (χ0) is 28.1. The Morgan fingerprint density at radius 3 is 2.45 bits per heavy atom. The number of primary amides is 1. The number of carbonyl (C=O) groups excluding carboxylic acids is 2. The fraction of sp³-hybridized carbons (Fsp3) is 0.143. The summed E-state index contributed by atoms with van der Waals surface area (Å²) in [5, 5.41) is 7.25. The first-order chi connectivity index (χ1) is 19.4. The molecular weight excluding hydrogens is 524 g/mol. The van der Waals surface area contributed by atoms with Crippen LogP contribution in [0.25, 0.3) is 17.1 Å². The number of alkyl halides is 2. The molecule has 0 radical (unpaired) electrons. The molecule has 2 amide bonds. The van der Waals surface area contributed by atoms with Crippen LogP contribution in [0.4, 0.5) is 8.78 Å². The van der Waals surface area contributed by atoms with Crippen LogP contribution >= 0.6 is 0 Å². The van der Waals surface area contributed by atoms with Gasteiger partial charge in [0.25, 0.3) is 5.91 Å². The number of para-hydroxylation sites is 1. The van der Waals surface area contributed by atoms with Crippen molar-refractivity contribution < 1.29 is 32.6 Å². The van der Waals surface area contributed by atoms with E-state index in [-0.39, 0.29) is 23.6 Å². The smallest absolute Gasteiger partial charge is 0.387 e. The Kier molecular flexibility index (Phi) is 7.40. The largest absolute Gasteiger partial charge is 0.447 e. The topological polar surface area (TPSA) is 131 Å². The van der Waals surface area contributed by atoms with E-state index in [1.165, 1.54) is 41.7 Å². The fourth-order valence-electron chi connectivity index (χ4n) is 4.32. The van der Waals surface area contributed by atoms with E-state index in [9.17, 15) is 18.4 Å². The molecule has 5 rings (SSSR count). The van der Waals surface area contributed by atoms with Gasteiger partial charge in [0.1, 0.15) is 24.3 Å². The molecule has 0 spiro atoms. The Hall–Kier alpha value is -5.26. The second kappa shape index (κ2) is 11.2. The third-order valence-corrected chi connectivity index (χ3v) is 6.15. The normalized spacial score (nSPS) is 14.3. The van der Waals surface area contributed by atoms with Crippen LogP contribution in [0.5, 0.6) is 5.75 Å². The average molecular weight is 548 g/mol. The summed E-state index contributed by atoms with van der Waals surface area (Å²) < 4.78 is 42.7. The molecule has 0 fully saturated rings. The van der Waals surface area contributed by atoms with Crippen LogP contribution in [0.15, 0.2) is 97.7 Å². The minimum Gasteiger partial charge on any atom is -0.447 e. The van der Waals surface area contributed by atoms with E-state index in [1.807, 2.05) is 30.3 Å². The zero-order valence-corrected chi connectivity index (χ0v) is 20.8. The van der Waals surface area contributed by atoms with Crippen molar-refractivity contribution in [2.75, 3.05) is 0 Å².